The van der Waals surface area contributed by atoms with Crippen LogP contribution in [-0.2, 0) is 9.53 Å². The minimum absolute atomic E-state index is 0.0315. The average molecular weight is 568 g/mol. The van der Waals surface area contributed by atoms with Crippen LogP contribution in [-0.4, -0.2) is 33.6 Å². The number of esters is 1. The molecule has 2 N–H and O–H groups in total. The summed E-state index contributed by atoms with van der Waals surface area (Å²) < 4.78 is 7.09. The fourth-order valence-electron chi connectivity index (χ4n) is 5.50. The maximum absolute atomic E-state index is 12.3. The first-order valence-electron chi connectivity index (χ1n) is 13.5. The predicted molar refractivity (Wildman–Crippen MR) is 165 cm³/mol. The summed E-state index contributed by atoms with van der Waals surface area (Å²) in [4.78, 5) is 31.1. The van der Waals surface area contributed by atoms with Gasteiger partial charge in [0.2, 0.25) is 5.91 Å². The van der Waals surface area contributed by atoms with Crippen molar-refractivity contribution < 1.29 is 14.3 Å². The molecular weight excluding hydrogens is 534 g/mol. The summed E-state index contributed by atoms with van der Waals surface area (Å²) in [5.41, 5.74) is 7.99. The van der Waals surface area contributed by atoms with Crippen LogP contribution in [0.2, 0.25) is 0 Å². The number of carbonyl (C=O) groups excluding carboxylic acids is 2. The van der Waals surface area contributed by atoms with E-state index in [0.717, 1.165) is 45.3 Å². The summed E-state index contributed by atoms with van der Waals surface area (Å²) in [6, 6.07) is 21.0. The fourth-order valence-corrected chi connectivity index (χ4v) is 5.85. The Labute approximate surface area is 245 Å². The molecular formula is C32H33N5O3S. The van der Waals surface area contributed by atoms with Crippen molar-refractivity contribution in [1.82, 2.24) is 14.9 Å². The van der Waals surface area contributed by atoms with Gasteiger partial charge in [0.15, 0.2) is 5.11 Å². The smallest absolute Gasteiger partial charge is 0.337 e. The SMILES string of the molecule is CCC(=O)Nc1ccc(N2C(=S)N[C@H](c3ccccn3)[C@@H]2c2cc(C)n(-c3cccc(C(=O)OC)c3)c2C)cc1C. The van der Waals surface area contributed by atoms with E-state index in [1.165, 1.54) is 7.11 Å². The van der Waals surface area contributed by atoms with Gasteiger partial charge in [0.25, 0.3) is 0 Å². The number of thiocarbonyl (C=S) groups is 1. The molecule has 4 aromatic rings. The number of nitrogens with one attached hydrogen (secondary N) is 2. The molecule has 1 aliphatic heterocycles. The maximum Gasteiger partial charge on any atom is 0.337 e. The molecule has 1 fully saturated rings. The Morgan fingerprint density at radius 2 is 1.83 bits per heavy atom. The lowest BCUT2D eigenvalue weighted by Gasteiger charge is -2.29. The van der Waals surface area contributed by atoms with E-state index in [2.05, 4.69) is 45.0 Å². The molecule has 1 amide bonds. The minimum Gasteiger partial charge on any atom is -0.465 e. The number of hydrogen-bond acceptors (Lipinski definition) is 5. The number of methoxy groups -OCH3 is 1. The van der Waals surface area contributed by atoms with Gasteiger partial charge in [0.1, 0.15) is 0 Å². The molecule has 2 aromatic heterocycles. The van der Waals surface area contributed by atoms with Gasteiger partial charge in [-0.15, -0.1) is 0 Å². The molecule has 41 heavy (non-hydrogen) atoms. The maximum atomic E-state index is 12.3. The van der Waals surface area contributed by atoms with Crippen molar-refractivity contribution in [1.29, 1.82) is 0 Å². The van der Waals surface area contributed by atoms with Crippen LogP contribution in [0.15, 0.2) is 72.9 Å². The van der Waals surface area contributed by atoms with Gasteiger partial charge in [-0.3, -0.25) is 9.78 Å². The molecule has 0 aliphatic carbocycles. The third-order valence-electron chi connectivity index (χ3n) is 7.50. The molecule has 210 valence electrons. The largest absolute Gasteiger partial charge is 0.465 e. The van der Waals surface area contributed by atoms with Crippen LogP contribution in [0, 0.1) is 20.8 Å². The van der Waals surface area contributed by atoms with E-state index in [1.807, 2.05) is 68.4 Å². The van der Waals surface area contributed by atoms with Crippen molar-refractivity contribution in [3.05, 3.63) is 107 Å². The summed E-state index contributed by atoms with van der Waals surface area (Å²) in [7, 11) is 1.38. The van der Waals surface area contributed by atoms with Crippen molar-refractivity contribution >= 4 is 40.6 Å². The monoisotopic (exact) mass is 567 g/mol. The summed E-state index contributed by atoms with van der Waals surface area (Å²) in [6.45, 7) is 7.94. The highest BCUT2D eigenvalue weighted by Crippen LogP contribution is 2.44. The highest BCUT2D eigenvalue weighted by Gasteiger charge is 2.42. The summed E-state index contributed by atoms with van der Waals surface area (Å²) in [5, 5.41) is 7.08. The molecule has 3 heterocycles. The number of pyridine rings is 1. The number of anilines is 2. The molecule has 5 rings (SSSR count). The highest BCUT2D eigenvalue weighted by molar-refractivity contribution is 7.80. The number of aromatic nitrogens is 2. The van der Waals surface area contributed by atoms with Crippen LogP contribution in [0.3, 0.4) is 0 Å². The minimum atomic E-state index is -0.379. The number of amides is 1. The molecule has 1 saturated heterocycles. The Hall–Kier alpha value is -4.50. The Morgan fingerprint density at radius 1 is 1.02 bits per heavy atom. The number of aryl methyl sites for hydroxylation is 2. The third kappa shape index (κ3) is 5.32. The van der Waals surface area contributed by atoms with E-state index < -0.39 is 0 Å². The van der Waals surface area contributed by atoms with Crippen LogP contribution < -0.4 is 15.5 Å². The topological polar surface area (TPSA) is 88.5 Å². The van der Waals surface area contributed by atoms with Gasteiger partial charge in [0, 0.05) is 41.1 Å². The molecule has 0 spiro atoms. The number of rotatable bonds is 7. The Balaban J connectivity index is 1.63. The second-order valence-electron chi connectivity index (χ2n) is 10.1. The van der Waals surface area contributed by atoms with Crippen LogP contribution in [0.1, 0.15) is 64.0 Å². The quantitative estimate of drug-likeness (QED) is 0.206. The Bertz CT molecular complexity index is 1630. The first kappa shape index (κ1) is 28.0. The molecule has 0 saturated carbocycles. The van der Waals surface area contributed by atoms with Crippen LogP contribution in [0.4, 0.5) is 11.4 Å². The Morgan fingerprint density at radius 3 is 2.51 bits per heavy atom. The molecule has 1 aliphatic rings. The number of carbonyl (C=O) groups is 2. The van der Waals surface area contributed by atoms with Crippen LogP contribution in [0.5, 0.6) is 0 Å². The van der Waals surface area contributed by atoms with Crippen molar-refractivity contribution in [3.8, 4) is 5.69 Å². The van der Waals surface area contributed by atoms with Gasteiger partial charge in [-0.1, -0.05) is 19.1 Å². The zero-order valence-corrected chi connectivity index (χ0v) is 24.6. The first-order valence-corrected chi connectivity index (χ1v) is 13.9. The number of ether oxygens (including phenoxy) is 1. The van der Waals surface area contributed by atoms with Gasteiger partial charge in [-0.05, 0) is 98.7 Å². The molecule has 2 aromatic carbocycles. The van der Waals surface area contributed by atoms with Crippen molar-refractivity contribution in [2.24, 2.45) is 0 Å². The molecule has 9 heteroatoms. The third-order valence-corrected chi connectivity index (χ3v) is 7.81. The first-order chi connectivity index (χ1) is 19.7. The number of benzene rings is 2. The molecule has 0 radical (unpaired) electrons. The molecule has 2 atom stereocenters. The van der Waals surface area contributed by atoms with Crippen molar-refractivity contribution in [2.45, 2.75) is 46.2 Å². The van der Waals surface area contributed by atoms with E-state index in [-0.39, 0.29) is 24.0 Å². The molecule has 0 unspecified atom stereocenters. The van der Waals surface area contributed by atoms with Crippen LogP contribution >= 0.6 is 12.2 Å². The lowest BCUT2D eigenvalue weighted by molar-refractivity contribution is -0.115. The zero-order chi connectivity index (χ0) is 29.3. The number of hydrogen-bond donors (Lipinski definition) is 2. The van der Waals surface area contributed by atoms with Gasteiger partial charge in [-0.25, -0.2) is 4.79 Å². The zero-order valence-electron chi connectivity index (χ0n) is 23.8. The summed E-state index contributed by atoms with van der Waals surface area (Å²) in [6.07, 6.45) is 2.20. The Kier molecular flexibility index (Phi) is 7.90. The lowest BCUT2D eigenvalue weighted by atomic mass is 9.96. The van der Waals surface area contributed by atoms with Gasteiger partial charge in [-0.2, -0.15) is 0 Å². The van der Waals surface area contributed by atoms with E-state index in [4.69, 9.17) is 17.0 Å². The second kappa shape index (κ2) is 11.5. The second-order valence-corrected chi connectivity index (χ2v) is 10.5. The van der Waals surface area contributed by atoms with E-state index in [1.54, 1.807) is 12.3 Å². The van der Waals surface area contributed by atoms with Gasteiger partial charge in [0.05, 0.1) is 30.5 Å². The molecule has 0 bridgehead atoms. The van der Waals surface area contributed by atoms with E-state index in [9.17, 15) is 9.59 Å². The van der Waals surface area contributed by atoms with Crippen molar-refractivity contribution in [2.75, 3.05) is 17.3 Å². The van der Waals surface area contributed by atoms with E-state index in [0.29, 0.717) is 17.1 Å². The van der Waals surface area contributed by atoms with E-state index >= 15 is 0 Å². The normalized spacial score (nSPS) is 16.4. The predicted octanol–water partition coefficient (Wildman–Crippen LogP) is 6.11. The standard InChI is InChI=1S/C32H33N5O3S/c1-6-28(38)34-26-14-13-24(16-19(26)2)37-30(29(35-32(37)41)27-12-7-8-15-33-27)25-17-20(3)36(21(25)4)23-11-9-10-22(18-23)31(39)40-5/h7-18,29-30H,6H2,1-5H3,(H,34,38)(H,35,41)/t29-,30+/m1/s1. The number of nitrogens with zero attached hydrogens (tertiary/aromatic N) is 3. The van der Waals surface area contributed by atoms with Crippen molar-refractivity contribution in [3.63, 3.8) is 0 Å². The highest BCUT2D eigenvalue weighted by atomic mass is 32.1. The lowest BCUT2D eigenvalue weighted by Crippen LogP contribution is -2.29. The summed E-state index contributed by atoms with van der Waals surface area (Å²) >= 11 is 5.94. The summed E-state index contributed by atoms with van der Waals surface area (Å²) in [5.74, 6) is -0.411. The average Bonchev–Trinajstić information content (AvgIpc) is 3.48. The molecule has 8 nitrogen and oxygen atoms in total. The van der Waals surface area contributed by atoms with Crippen LogP contribution in [0.25, 0.3) is 5.69 Å². The van der Waals surface area contributed by atoms with Gasteiger partial charge < -0.3 is 24.8 Å². The fraction of sp³-hybridized carbons (Fsp3) is 0.250. The van der Waals surface area contributed by atoms with Gasteiger partial charge >= 0.3 is 5.97 Å².